The third kappa shape index (κ3) is 3.60. The van der Waals surface area contributed by atoms with Gasteiger partial charge in [0.2, 0.25) is 0 Å². The van der Waals surface area contributed by atoms with Crippen LogP contribution in [-0.2, 0) is 5.41 Å². The smallest absolute Gasteiger partial charge is 0.136 e. The zero-order valence-electron chi connectivity index (χ0n) is 25.5. The first kappa shape index (κ1) is 25.5. The predicted molar refractivity (Wildman–Crippen MR) is 190 cm³/mol. The van der Waals surface area contributed by atoms with E-state index < -0.39 is 0 Å². The number of para-hydroxylation sites is 1. The maximum atomic E-state index is 6.19. The van der Waals surface area contributed by atoms with Crippen LogP contribution in [0.5, 0.6) is 0 Å². The second kappa shape index (κ2) is 9.12. The second-order valence-electron chi connectivity index (χ2n) is 13.1. The second-order valence-corrected chi connectivity index (χ2v) is 13.1. The van der Waals surface area contributed by atoms with Gasteiger partial charge in [0.1, 0.15) is 11.2 Å². The molecule has 0 N–H and O–H groups in total. The number of hydrogen-bond donors (Lipinski definition) is 0. The van der Waals surface area contributed by atoms with Gasteiger partial charge in [-0.3, -0.25) is 4.98 Å². The first-order valence-corrected chi connectivity index (χ1v) is 15.8. The normalized spacial score (nSPS) is 13.6. The molecule has 3 heteroatoms. The lowest BCUT2D eigenvalue weighted by atomic mass is 9.80. The summed E-state index contributed by atoms with van der Waals surface area (Å²) in [4.78, 5) is 9.72. The van der Waals surface area contributed by atoms with E-state index in [2.05, 4.69) is 128 Å². The molecule has 0 radical (unpaired) electrons. The van der Waals surface area contributed by atoms with E-state index in [4.69, 9.17) is 9.40 Å². The Morgan fingerprint density at radius 2 is 1.20 bits per heavy atom. The lowest BCUT2D eigenvalue weighted by molar-refractivity contribution is 0.663. The van der Waals surface area contributed by atoms with Crippen molar-refractivity contribution in [3.8, 4) is 33.6 Å². The SMILES string of the molecule is CC1(C)c2cc(-c3ccc4ncccc4c3)cc3ccc4cc(-c5cccc(-c6ccc7c(c6)oc6ccccc67)n5)cc1c4c23. The highest BCUT2D eigenvalue weighted by Crippen LogP contribution is 2.51. The van der Waals surface area contributed by atoms with Crippen LogP contribution in [0.25, 0.3) is 88.0 Å². The van der Waals surface area contributed by atoms with Crippen molar-refractivity contribution in [2.24, 2.45) is 0 Å². The zero-order valence-corrected chi connectivity index (χ0v) is 25.5. The van der Waals surface area contributed by atoms with Gasteiger partial charge in [0.15, 0.2) is 0 Å². The number of aromatic nitrogens is 2. The van der Waals surface area contributed by atoms with Gasteiger partial charge in [-0.15, -0.1) is 0 Å². The average Bonchev–Trinajstić information content (AvgIpc) is 3.59. The van der Waals surface area contributed by atoms with Crippen molar-refractivity contribution >= 4 is 54.4 Å². The van der Waals surface area contributed by atoms with Gasteiger partial charge in [-0.1, -0.05) is 68.4 Å². The Labute approximate surface area is 265 Å². The Bertz CT molecular complexity index is 2730. The molecule has 0 atom stereocenters. The fourth-order valence-electron chi connectivity index (χ4n) is 7.67. The minimum absolute atomic E-state index is 0.158. The Morgan fingerprint density at radius 1 is 0.500 bits per heavy atom. The Balaban J connectivity index is 1.09. The summed E-state index contributed by atoms with van der Waals surface area (Å²) >= 11 is 0. The summed E-state index contributed by atoms with van der Waals surface area (Å²) in [5, 5.41) is 8.70. The lowest BCUT2D eigenvalue weighted by Gasteiger charge is -2.23. The standard InChI is InChI=1S/C43H28N2O/c1-43(2)34-22-30(25-15-17-36-26(19-25)7-6-18-44-36)20-28-12-13-29-21-31(23-35(43)42(29)41(28)34)38-10-5-9-37(45-38)27-14-16-33-32-8-3-4-11-39(32)46-40(33)24-27/h3-24H,1-2H3. The van der Waals surface area contributed by atoms with Gasteiger partial charge < -0.3 is 4.42 Å². The van der Waals surface area contributed by atoms with E-state index in [9.17, 15) is 0 Å². The van der Waals surface area contributed by atoms with E-state index in [1.165, 1.54) is 43.8 Å². The van der Waals surface area contributed by atoms with Crippen LogP contribution >= 0.6 is 0 Å². The van der Waals surface area contributed by atoms with Crippen LogP contribution in [0.4, 0.5) is 0 Å². The summed E-state index contributed by atoms with van der Waals surface area (Å²) < 4.78 is 6.19. The third-order valence-corrected chi connectivity index (χ3v) is 10.0. The molecule has 216 valence electrons. The summed E-state index contributed by atoms with van der Waals surface area (Å²) in [7, 11) is 0. The first-order valence-electron chi connectivity index (χ1n) is 15.8. The maximum Gasteiger partial charge on any atom is 0.136 e. The van der Waals surface area contributed by atoms with Crippen molar-refractivity contribution in [2.75, 3.05) is 0 Å². The molecular weight excluding hydrogens is 560 g/mol. The van der Waals surface area contributed by atoms with Crippen LogP contribution in [0.15, 0.2) is 138 Å². The summed E-state index contributed by atoms with van der Waals surface area (Å²) in [5.41, 5.74) is 11.9. The van der Waals surface area contributed by atoms with E-state index in [0.29, 0.717) is 0 Å². The highest BCUT2D eigenvalue weighted by Gasteiger charge is 2.35. The largest absolute Gasteiger partial charge is 0.456 e. The molecule has 6 aromatic carbocycles. The molecule has 3 heterocycles. The highest BCUT2D eigenvalue weighted by atomic mass is 16.3. The molecule has 10 rings (SSSR count). The molecule has 3 aromatic heterocycles. The summed E-state index contributed by atoms with van der Waals surface area (Å²) in [6.07, 6.45) is 1.85. The fourth-order valence-corrected chi connectivity index (χ4v) is 7.67. The number of pyridine rings is 2. The molecule has 1 aliphatic carbocycles. The average molecular weight is 589 g/mol. The van der Waals surface area contributed by atoms with Crippen molar-refractivity contribution in [2.45, 2.75) is 19.3 Å². The minimum Gasteiger partial charge on any atom is -0.456 e. The van der Waals surface area contributed by atoms with Crippen LogP contribution < -0.4 is 0 Å². The van der Waals surface area contributed by atoms with Crippen molar-refractivity contribution in [1.82, 2.24) is 9.97 Å². The molecule has 0 saturated heterocycles. The molecule has 1 aliphatic rings. The Kier molecular flexibility index (Phi) is 5.06. The Hall–Kier alpha value is -5.80. The van der Waals surface area contributed by atoms with E-state index in [0.717, 1.165) is 55.4 Å². The van der Waals surface area contributed by atoms with Gasteiger partial charge in [-0.25, -0.2) is 4.98 Å². The molecular formula is C43H28N2O. The lowest BCUT2D eigenvalue weighted by Crippen LogP contribution is -2.15. The van der Waals surface area contributed by atoms with Crippen molar-refractivity contribution < 1.29 is 4.42 Å². The van der Waals surface area contributed by atoms with E-state index in [1.807, 2.05) is 24.4 Å². The molecule has 0 unspecified atom stereocenters. The number of rotatable bonds is 3. The predicted octanol–water partition coefficient (Wildman–Crippen LogP) is 11.5. The molecule has 0 saturated carbocycles. The number of benzene rings is 6. The van der Waals surface area contributed by atoms with Crippen LogP contribution in [-0.4, -0.2) is 9.97 Å². The molecule has 46 heavy (non-hydrogen) atoms. The maximum absolute atomic E-state index is 6.19. The quantitative estimate of drug-likeness (QED) is 0.193. The number of hydrogen-bond acceptors (Lipinski definition) is 3. The van der Waals surface area contributed by atoms with E-state index in [1.54, 1.807) is 0 Å². The Morgan fingerprint density at radius 3 is 2.04 bits per heavy atom. The summed E-state index contributed by atoms with van der Waals surface area (Å²) in [6.45, 7) is 4.72. The van der Waals surface area contributed by atoms with Gasteiger partial charge in [0.05, 0.1) is 16.9 Å². The van der Waals surface area contributed by atoms with Crippen molar-refractivity contribution in [1.29, 1.82) is 0 Å². The van der Waals surface area contributed by atoms with Gasteiger partial charge in [0, 0.05) is 38.9 Å². The zero-order chi connectivity index (χ0) is 30.6. The molecule has 0 aliphatic heterocycles. The number of furan rings is 1. The van der Waals surface area contributed by atoms with Crippen LogP contribution in [0.3, 0.4) is 0 Å². The van der Waals surface area contributed by atoms with Gasteiger partial charge >= 0.3 is 0 Å². The van der Waals surface area contributed by atoms with Gasteiger partial charge in [-0.05, 0) is 117 Å². The monoisotopic (exact) mass is 588 g/mol. The third-order valence-electron chi connectivity index (χ3n) is 10.0. The molecule has 9 aromatic rings. The first-order chi connectivity index (χ1) is 22.5. The van der Waals surface area contributed by atoms with E-state index >= 15 is 0 Å². The topological polar surface area (TPSA) is 38.9 Å². The van der Waals surface area contributed by atoms with Crippen LogP contribution in [0, 0.1) is 0 Å². The van der Waals surface area contributed by atoms with Gasteiger partial charge in [0.25, 0.3) is 0 Å². The minimum atomic E-state index is -0.158. The fraction of sp³-hybridized carbons (Fsp3) is 0.0698. The van der Waals surface area contributed by atoms with Crippen molar-refractivity contribution in [3.63, 3.8) is 0 Å². The van der Waals surface area contributed by atoms with Crippen molar-refractivity contribution in [3.05, 3.63) is 145 Å². The molecule has 3 nitrogen and oxygen atoms in total. The van der Waals surface area contributed by atoms with Crippen LogP contribution in [0.1, 0.15) is 25.0 Å². The molecule has 0 bridgehead atoms. The van der Waals surface area contributed by atoms with Gasteiger partial charge in [-0.2, -0.15) is 0 Å². The van der Waals surface area contributed by atoms with Crippen LogP contribution in [0.2, 0.25) is 0 Å². The molecule has 0 fully saturated rings. The molecule has 0 amide bonds. The number of fused-ring (bicyclic) bond motifs is 4. The highest BCUT2D eigenvalue weighted by molar-refractivity contribution is 6.16. The molecule has 0 spiro atoms. The summed E-state index contributed by atoms with van der Waals surface area (Å²) in [6, 6.07) is 45.6. The summed E-state index contributed by atoms with van der Waals surface area (Å²) in [5.74, 6) is 0. The van der Waals surface area contributed by atoms with E-state index in [-0.39, 0.29) is 5.41 Å². The number of nitrogens with zero attached hydrogens (tertiary/aromatic N) is 2.